The van der Waals surface area contributed by atoms with Gasteiger partial charge in [0.2, 0.25) is 0 Å². The summed E-state index contributed by atoms with van der Waals surface area (Å²) in [6.45, 7) is 8.10. The van der Waals surface area contributed by atoms with E-state index in [4.69, 9.17) is 6.57 Å². The molecule has 0 atom stereocenters. The number of fused-ring (bicyclic) bond motifs is 9. The minimum atomic E-state index is 0.533. The van der Waals surface area contributed by atoms with Crippen molar-refractivity contribution < 1.29 is 0 Å². The standard InChI is InChI=1S/C50H29N5/c1-52-35-26-34(28-38(29-35)55-48-23-9-5-18-42(48)44-19-11-13-33(31-51)50(44)55)32-12-10-14-36(27-32)54-47-22-8-4-17-41(47)43-25-24-37(30-49(43)54)53-45-20-6-2-15-39(45)40-16-3-7-21-46(40)53/h2-30H. The second-order valence-electron chi connectivity index (χ2n) is 14.0. The average Bonchev–Trinajstić information content (AvgIpc) is 3.89. The Kier molecular flexibility index (Phi) is 6.61. The molecule has 0 N–H and O–H groups in total. The molecule has 0 spiro atoms. The van der Waals surface area contributed by atoms with E-state index < -0.39 is 0 Å². The molecule has 0 aliphatic rings. The van der Waals surface area contributed by atoms with Crippen LogP contribution in [-0.2, 0) is 0 Å². The van der Waals surface area contributed by atoms with E-state index in [9.17, 15) is 5.26 Å². The second kappa shape index (κ2) is 11.8. The molecule has 0 unspecified atom stereocenters. The molecule has 0 amide bonds. The zero-order valence-electron chi connectivity index (χ0n) is 29.5. The van der Waals surface area contributed by atoms with Crippen LogP contribution < -0.4 is 0 Å². The van der Waals surface area contributed by atoms with Crippen LogP contribution in [0.5, 0.6) is 0 Å². The van der Waals surface area contributed by atoms with Crippen molar-refractivity contribution >= 4 is 71.1 Å². The van der Waals surface area contributed by atoms with E-state index in [-0.39, 0.29) is 0 Å². The highest BCUT2D eigenvalue weighted by Gasteiger charge is 2.19. The van der Waals surface area contributed by atoms with Gasteiger partial charge in [-0.3, -0.25) is 0 Å². The molecule has 3 heterocycles. The summed E-state index contributed by atoms with van der Waals surface area (Å²) in [5, 5.41) is 17.1. The van der Waals surface area contributed by atoms with Crippen molar-refractivity contribution in [2.75, 3.05) is 0 Å². The summed E-state index contributed by atoms with van der Waals surface area (Å²) < 4.78 is 6.86. The molecule has 0 saturated heterocycles. The van der Waals surface area contributed by atoms with Gasteiger partial charge in [0.05, 0.1) is 45.2 Å². The number of hydrogen-bond donors (Lipinski definition) is 0. The van der Waals surface area contributed by atoms with Gasteiger partial charge in [0.15, 0.2) is 5.69 Å². The highest BCUT2D eigenvalue weighted by atomic mass is 15.0. The summed E-state index contributed by atoms with van der Waals surface area (Å²) in [5.74, 6) is 0. The van der Waals surface area contributed by atoms with Crippen molar-refractivity contribution in [3.63, 3.8) is 0 Å². The fourth-order valence-electron chi connectivity index (χ4n) is 8.73. The lowest BCUT2D eigenvalue weighted by molar-refractivity contribution is 1.15. The fraction of sp³-hybridized carbons (Fsp3) is 0. The third-order valence-electron chi connectivity index (χ3n) is 11.0. The van der Waals surface area contributed by atoms with Crippen molar-refractivity contribution in [2.45, 2.75) is 0 Å². The molecule has 0 fully saturated rings. The first kappa shape index (κ1) is 30.7. The Bertz CT molecular complexity index is 3420. The van der Waals surface area contributed by atoms with Gasteiger partial charge in [-0.1, -0.05) is 103 Å². The molecule has 5 nitrogen and oxygen atoms in total. The Balaban J connectivity index is 1.13. The maximum atomic E-state index is 10.2. The number of benzene rings is 8. The van der Waals surface area contributed by atoms with Crippen molar-refractivity contribution in [1.82, 2.24) is 13.7 Å². The number of para-hydroxylation sites is 5. The second-order valence-corrected chi connectivity index (χ2v) is 14.0. The van der Waals surface area contributed by atoms with Crippen LogP contribution in [0.25, 0.3) is 98.5 Å². The average molecular weight is 700 g/mol. The molecule has 0 bridgehead atoms. The zero-order chi connectivity index (χ0) is 36.6. The third-order valence-corrected chi connectivity index (χ3v) is 11.0. The summed E-state index contributed by atoms with van der Waals surface area (Å²) in [6.07, 6.45) is 0. The maximum absolute atomic E-state index is 10.2. The molecule has 5 heteroatoms. The van der Waals surface area contributed by atoms with Crippen LogP contribution in [0.2, 0.25) is 0 Å². The normalized spacial score (nSPS) is 11.6. The van der Waals surface area contributed by atoms with Crippen LogP contribution in [0.15, 0.2) is 176 Å². The number of aromatic nitrogens is 3. The Labute approximate surface area is 316 Å². The summed E-state index contributed by atoms with van der Waals surface area (Å²) in [5.41, 5.74) is 12.4. The fourth-order valence-corrected chi connectivity index (χ4v) is 8.73. The predicted octanol–water partition coefficient (Wildman–Crippen LogP) is 13.1. The SMILES string of the molecule is [C-]#[N+]c1cc(-c2cccc(-n3c4ccccc4c4ccc(-n5c6ccccc6c6ccccc65)cc43)c2)cc(-n2c3ccccc3c3cccc(C#N)c32)c1. The molecule has 0 saturated carbocycles. The largest absolute Gasteiger partial charge is 0.309 e. The van der Waals surface area contributed by atoms with Gasteiger partial charge in [-0.05, 0) is 83.9 Å². The smallest absolute Gasteiger partial charge is 0.189 e. The van der Waals surface area contributed by atoms with Crippen LogP contribution in [0.1, 0.15) is 5.56 Å². The van der Waals surface area contributed by atoms with E-state index in [0.717, 1.165) is 61.0 Å². The number of rotatable bonds is 4. The number of nitriles is 1. The molecule has 8 aromatic carbocycles. The van der Waals surface area contributed by atoms with Crippen molar-refractivity contribution in [3.05, 3.63) is 193 Å². The lowest BCUT2D eigenvalue weighted by Crippen LogP contribution is -1.98. The van der Waals surface area contributed by atoms with E-state index in [1.165, 1.54) is 32.6 Å². The molecular weight excluding hydrogens is 671 g/mol. The summed E-state index contributed by atoms with van der Waals surface area (Å²) in [4.78, 5) is 3.93. The first-order valence-corrected chi connectivity index (χ1v) is 18.3. The van der Waals surface area contributed by atoms with Crippen molar-refractivity contribution in [1.29, 1.82) is 5.26 Å². The van der Waals surface area contributed by atoms with Crippen molar-refractivity contribution in [2.24, 2.45) is 0 Å². The molecule has 0 aliphatic heterocycles. The number of hydrogen-bond acceptors (Lipinski definition) is 1. The van der Waals surface area contributed by atoms with E-state index in [2.05, 4.69) is 164 Å². The van der Waals surface area contributed by atoms with Gasteiger partial charge < -0.3 is 13.7 Å². The monoisotopic (exact) mass is 699 g/mol. The van der Waals surface area contributed by atoms with Gasteiger partial charge >= 0.3 is 0 Å². The maximum Gasteiger partial charge on any atom is 0.189 e. The van der Waals surface area contributed by atoms with Crippen LogP contribution in [0.3, 0.4) is 0 Å². The van der Waals surface area contributed by atoms with Gasteiger partial charge in [0, 0.05) is 49.4 Å². The number of nitrogens with zero attached hydrogens (tertiary/aromatic N) is 5. The van der Waals surface area contributed by atoms with Gasteiger partial charge in [0.1, 0.15) is 6.07 Å². The van der Waals surface area contributed by atoms with Gasteiger partial charge in [-0.2, -0.15) is 5.26 Å². The highest BCUT2D eigenvalue weighted by Crippen LogP contribution is 2.40. The quantitative estimate of drug-likeness (QED) is 0.169. The van der Waals surface area contributed by atoms with Crippen LogP contribution in [0, 0.1) is 17.9 Å². The Morgan fingerprint density at radius 3 is 1.55 bits per heavy atom. The molecule has 11 aromatic rings. The van der Waals surface area contributed by atoms with Crippen molar-refractivity contribution in [3.8, 4) is 34.3 Å². The predicted molar refractivity (Wildman–Crippen MR) is 226 cm³/mol. The Morgan fingerprint density at radius 2 is 0.909 bits per heavy atom. The van der Waals surface area contributed by atoms with Crippen LogP contribution >= 0.6 is 0 Å². The molecule has 254 valence electrons. The van der Waals surface area contributed by atoms with Gasteiger partial charge in [0.25, 0.3) is 0 Å². The molecule has 55 heavy (non-hydrogen) atoms. The lowest BCUT2D eigenvalue weighted by atomic mass is 10.0. The van der Waals surface area contributed by atoms with E-state index in [1.807, 2.05) is 36.4 Å². The van der Waals surface area contributed by atoms with Crippen LogP contribution in [-0.4, -0.2) is 13.7 Å². The van der Waals surface area contributed by atoms with E-state index in [1.54, 1.807) is 0 Å². The first-order chi connectivity index (χ1) is 27.2. The minimum Gasteiger partial charge on any atom is -0.309 e. The van der Waals surface area contributed by atoms with E-state index in [0.29, 0.717) is 11.3 Å². The zero-order valence-corrected chi connectivity index (χ0v) is 29.5. The topological polar surface area (TPSA) is 42.9 Å². The first-order valence-electron chi connectivity index (χ1n) is 18.3. The summed E-state index contributed by atoms with van der Waals surface area (Å²) in [6, 6.07) is 63.7. The van der Waals surface area contributed by atoms with Gasteiger partial charge in [-0.15, -0.1) is 0 Å². The third kappa shape index (κ3) is 4.51. The molecule has 3 aromatic heterocycles. The molecule has 0 aliphatic carbocycles. The minimum absolute atomic E-state index is 0.533. The Hall–Kier alpha value is -7.86. The van der Waals surface area contributed by atoms with E-state index >= 15 is 0 Å². The molecule has 0 radical (unpaired) electrons. The van der Waals surface area contributed by atoms with Crippen LogP contribution in [0.4, 0.5) is 5.69 Å². The van der Waals surface area contributed by atoms with Gasteiger partial charge in [-0.25, -0.2) is 4.85 Å². The highest BCUT2D eigenvalue weighted by molar-refractivity contribution is 6.13. The molecule has 11 rings (SSSR count). The summed E-state index contributed by atoms with van der Waals surface area (Å²) >= 11 is 0. The summed E-state index contributed by atoms with van der Waals surface area (Å²) in [7, 11) is 0. The Morgan fingerprint density at radius 1 is 0.400 bits per heavy atom. The molecular formula is C50H29N5. The lowest BCUT2D eigenvalue weighted by Gasteiger charge is -2.14.